The zero-order chi connectivity index (χ0) is 18.0. The van der Waals surface area contributed by atoms with Crippen molar-refractivity contribution in [2.75, 3.05) is 5.32 Å². The molecule has 0 radical (unpaired) electrons. The Balaban J connectivity index is 1.86. The van der Waals surface area contributed by atoms with E-state index in [1.54, 1.807) is 37.4 Å². The van der Waals surface area contributed by atoms with Gasteiger partial charge in [0, 0.05) is 29.2 Å². The molecule has 0 fully saturated rings. The third-order valence-corrected chi connectivity index (χ3v) is 3.81. The summed E-state index contributed by atoms with van der Waals surface area (Å²) in [6, 6.07) is 10.6. The Morgan fingerprint density at radius 2 is 2.00 bits per heavy atom. The number of carbonyl (C=O) groups is 2. The van der Waals surface area contributed by atoms with Crippen molar-refractivity contribution in [1.29, 1.82) is 0 Å². The summed E-state index contributed by atoms with van der Waals surface area (Å²) in [6.07, 6.45) is 3.14. The number of carbonyl (C=O) groups excluding carboxylic acids is 2. The Labute approximate surface area is 143 Å². The van der Waals surface area contributed by atoms with Gasteiger partial charge < -0.3 is 11.1 Å². The van der Waals surface area contributed by atoms with Crippen LogP contribution >= 0.6 is 0 Å². The van der Waals surface area contributed by atoms with Crippen molar-refractivity contribution in [3.05, 3.63) is 77.4 Å². The SMILES string of the molecule is Cc1c(NC(=O)c2ccc(-n3cccn3)c(F)c2)cccc1C(N)=O. The predicted molar refractivity (Wildman–Crippen MR) is 91.2 cm³/mol. The molecule has 25 heavy (non-hydrogen) atoms. The highest BCUT2D eigenvalue weighted by Gasteiger charge is 2.14. The van der Waals surface area contributed by atoms with Gasteiger partial charge in [-0.05, 0) is 48.9 Å². The molecule has 0 saturated heterocycles. The molecular weight excluding hydrogens is 323 g/mol. The number of hydrogen-bond acceptors (Lipinski definition) is 3. The quantitative estimate of drug-likeness (QED) is 0.766. The van der Waals surface area contributed by atoms with Crippen molar-refractivity contribution >= 4 is 17.5 Å². The lowest BCUT2D eigenvalue weighted by Gasteiger charge is -2.11. The van der Waals surface area contributed by atoms with E-state index in [9.17, 15) is 14.0 Å². The summed E-state index contributed by atoms with van der Waals surface area (Å²) in [5.74, 6) is -1.64. The van der Waals surface area contributed by atoms with Gasteiger partial charge in [0.2, 0.25) is 5.91 Å². The van der Waals surface area contributed by atoms with Crippen molar-refractivity contribution in [1.82, 2.24) is 9.78 Å². The smallest absolute Gasteiger partial charge is 0.255 e. The Hall–Kier alpha value is -3.48. The van der Waals surface area contributed by atoms with Crippen LogP contribution in [0.15, 0.2) is 54.9 Å². The molecule has 6 nitrogen and oxygen atoms in total. The first-order valence-corrected chi connectivity index (χ1v) is 7.47. The second-order valence-electron chi connectivity index (χ2n) is 5.41. The molecule has 0 saturated carbocycles. The van der Waals surface area contributed by atoms with Gasteiger partial charge in [0.25, 0.3) is 5.91 Å². The highest BCUT2D eigenvalue weighted by atomic mass is 19.1. The number of rotatable bonds is 4. The van der Waals surface area contributed by atoms with Gasteiger partial charge in [-0.15, -0.1) is 0 Å². The van der Waals surface area contributed by atoms with Gasteiger partial charge >= 0.3 is 0 Å². The molecule has 0 atom stereocenters. The molecule has 3 rings (SSSR count). The van der Waals surface area contributed by atoms with E-state index in [1.807, 2.05) is 0 Å². The number of aromatic nitrogens is 2. The zero-order valence-electron chi connectivity index (χ0n) is 13.4. The van der Waals surface area contributed by atoms with Gasteiger partial charge in [-0.25, -0.2) is 9.07 Å². The van der Waals surface area contributed by atoms with Gasteiger partial charge in [0.1, 0.15) is 11.5 Å². The van der Waals surface area contributed by atoms with Crippen LogP contribution in [0.2, 0.25) is 0 Å². The minimum absolute atomic E-state index is 0.150. The predicted octanol–water partition coefficient (Wildman–Crippen LogP) is 2.67. The Bertz CT molecular complexity index is 952. The van der Waals surface area contributed by atoms with Crippen molar-refractivity contribution in [2.24, 2.45) is 5.73 Å². The van der Waals surface area contributed by atoms with Crippen LogP contribution in [-0.2, 0) is 0 Å². The molecule has 1 aromatic heterocycles. The molecule has 0 aliphatic carbocycles. The minimum Gasteiger partial charge on any atom is -0.366 e. The van der Waals surface area contributed by atoms with Gasteiger partial charge in [0.15, 0.2) is 0 Å². The van der Waals surface area contributed by atoms with Crippen LogP contribution in [0.4, 0.5) is 10.1 Å². The molecule has 1 heterocycles. The maximum Gasteiger partial charge on any atom is 0.255 e. The number of nitrogens with zero attached hydrogens (tertiary/aromatic N) is 2. The minimum atomic E-state index is -0.580. The molecule has 0 aliphatic heterocycles. The van der Waals surface area contributed by atoms with E-state index in [2.05, 4.69) is 10.4 Å². The first-order valence-electron chi connectivity index (χ1n) is 7.47. The average Bonchev–Trinajstić information content (AvgIpc) is 3.10. The van der Waals surface area contributed by atoms with Crippen molar-refractivity contribution < 1.29 is 14.0 Å². The first kappa shape index (κ1) is 16.4. The molecule has 126 valence electrons. The van der Waals surface area contributed by atoms with Crippen molar-refractivity contribution in [2.45, 2.75) is 6.92 Å². The van der Waals surface area contributed by atoms with Crippen molar-refractivity contribution in [3.8, 4) is 5.69 Å². The summed E-state index contributed by atoms with van der Waals surface area (Å²) in [7, 11) is 0. The van der Waals surface area contributed by atoms with Crippen LogP contribution in [0.25, 0.3) is 5.69 Å². The van der Waals surface area contributed by atoms with E-state index in [0.29, 0.717) is 16.8 Å². The standard InChI is InChI=1S/C18H15FN4O2/c1-11-13(17(20)24)4-2-5-15(11)22-18(25)12-6-7-16(14(19)10-12)23-9-3-8-21-23/h2-10H,1H3,(H2,20,24)(H,22,25). The van der Waals surface area contributed by atoms with Crippen LogP contribution < -0.4 is 11.1 Å². The van der Waals surface area contributed by atoms with E-state index >= 15 is 0 Å². The second kappa shape index (κ2) is 6.56. The molecule has 0 aliphatic rings. The first-order chi connectivity index (χ1) is 12.0. The van der Waals surface area contributed by atoms with E-state index in [1.165, 1.54) is 23.0 Å². The lowest BCUT2D eigenvalue weighted by atomic mass is 10.1. The Morgan fingerprint density at radius 3 is 2.64 bits per heavy atom. The fourth-order valence-corrected chi connectivity index (χ4v) is 2.48. The largest absolute Gasteiger partial charge is 0.366 e. The Kier molecular flexibility index (Phi) is 4.30. The maximum absolute atomic E-state index is 14.3. The lowest BCUT2D eigenvalue weighted by molar-refractivity contribution is 0.0995. The molecule has 0 unspecified atom stereocenters. The summed E-state index contributed by atoms with van der Waals surface area (Å²) in [5.41, 5.74) is 7.01. The third-order valence-electron chi connectivity index (χ3n) is 3.81. The van der Waals surface area contributed by atoms with E-state index in [0.717, 1.165) is 6.07 Å². The van der Waals surface area contributed by atoms with Crippen molar-refractivity contribution in [3.63, 3.8) is 0 Å². The molecule has 2 aromatic carbocycles. The van der Waals surface area contributed by atoms with Gasteiger partial charge in [-0.1, -0.05) is 6.07 Å². The Morgan fingerprint density at radius 1 is 1.20 bits per heavy atom. The summed E-state index contributed by atoms with van der Waals surface area (Å²) in [5, 5.41) is 6.63. The molecule has 2 amide bonds. The topological polar surface area (TPSA) is 90.0 Å². The van der Waals surface area contributed by atoms with E-state index in [4.69, 9.17) is 5.73 Å². The highest BCUT2D eigenvalue weighted by Crippen LogP contribution is 2.20. The molecule has 3 N–H and O–H groups in total. The van der Waals surface area contributed by atoms with Crippen LogP contribution in [0.5, 0.6) is 0 Å². The fraction of sp³-hybridized carbons (Fsp3) is 0.0556. The zero-order valence-corrected chi connectivity index (χ0v) is 13.4. The van der Waals surface area contributed by atoms with Gasteiger partial charge in [-0.2, -0.15) is 5.10 Å². The number of hydrogen-bond donors (Lipinski definition) is 2. The number of benzene rings is 2. The summed E-state index contributed by atoms with van der Waals surface area (Å²) in [6.45, 7) is 1.68. The third kappa shape index (κ3) is 3.25. The number of amides is 2. The second-order valence-corrected chi connectivity index (χ2v) is 5.41. The monoisotopic (exact) mass is 338 g/mol. The maximum atomic E-state index is 14.3. The van der Waals surface area contributed by atoms with Crippen LogP contribution in [0.3, 0.4) is 0 Å². The molecular formula is C18H15FN4O2. The van der Waals surface area contributed by atoms with Gasteiger partial charge in [-0.3, -0.25) is 9.59 Å². The van der Waals surface area contributed by atoms with Crippen LogP contribution in [0.1, 0.15) is 26.3 Å². The molecule has 0 spiro atoms. The average molecular weight is 338 g/mol. The lowest BCUT2D eigenvalue weighted by Crippen LogP contribution is -2.17. The van der Waals surface area contributed by atoms with Gasteiger partial charge in [0.05, 0.1) is 0 Å². The van der Waals surface area contributed by atoms with E-state index in [-0.39, 0.29) is 11.3 Å². The normalized spacial score (nSPS) is 10.5. The molecule has 7 heteroatoms. The highest BCUT2D eigenvalue weighted by molar-refractivity contribution is 6.06. The van der Waals surface area contributed by atoms with E-state index < -0.39 is 17.6 Å². The number of halogens is 1. The number of primary amides is 1. The number of anilines is 1. The molecule has 0 bridgehead atoms. The number of nitrogens with one attached hydrogen (secondary N) is 1. The summed E-state index contributed by atoms with van der Waals surface area (Å²) in [4.78, 5) is 23.8. The molecule has 3 aromatic rings. The fourth-order valence-electron chi connectivity index (χ4n) is 2.48. The van der Waals surface area contributed by atoms with Crippen LogP contribution in [0, 0.1) is 12.7 Å². The summed E-state index contributed by atoms with van der Waals surface area (Å²) >= 11 is 0. The van der Waals surface area contributed by atoms with Crippen LogP contribution in [-0.4, -0.2) is 21.6 Å². The number of nitrogens with two attached hydrogens (primary N) is 1. The summed E-state index contributed by atoms with van der Waals surface area (Å²) < 4.78 is 15.6.